The summed E-state index contributed by atoms with van der Waals surface area (Å²) in [5.41, 5.74) is -9.41. The maximum Gasteiger partial charge on any atom is 0.251 e. The van der Waals surface area contributed by atoms with Gasteiger partial charge in [0.1, 0.15) is 34.9 Å². The van der Waals surface area contributed by atoms with Crippen LogP contribution >= 0.6 is 7.92 Å². The van der Waals surface area contributed by atoms with Crippen LogP contribution in [0.5, 0.6) is 0 Å². The number of hydrogen-bond acceptors (Lipinski definition) is 0. The van der Waals surface area contributed by atoms with Gasteiger partial charge in [0, 0.05) is 0 Å². The van der Waals surface area contributed by atoms with Gasteiger partial charge < -0.3 is 4.32 Å². The van der Waals surface area contributed by atoms with Crippen LogP contribution in [0.2, 0.25) is 0 Å². The van der Waals surface area contributed by atoms with Crippen LogP contribution in [0.4, 0.5) is 65.8 Å². The summed E-state index contributed by atoms with van der Waals surface area (Å²) in [5, 5.41) is -2.60. The number of rotatable bonds is 5. The molecule has 0 saturated carbocycles. The molecule has 0 saturated heterocycles. The summed E-state index contributed by atoms with van der Waals surface area (Å²) >= 11 is 0. The van der Waals surface area contributed by atoms with E-state index in [4.69, 9.17) is 0 Å². The fourth-order valence-electron chi connectivity index (χ4n) is 5.15. The van der Waals surface area contributed by atoms with Crippen LogP contribution in [0.1, 0.15) is 20.8 Å². The summed E-state index contributed by atoms with van der Waals surface area (Å²) in [6, 6.07) is 6.76. The van der Waals surface area contributed by atoms with E-state index in [0.717, 1.165) is 0 Å². The summed E-state index contributed by atoms with van der Waals surface area (Å²) < 4.78 is 225. The van der Waals surface area contributed by atoms with Crippen molar-refractivity contribution < 1.29 is 65.8 Å². The highest BCUT2D eigenvalue weighted by Crippen LogP contribution is 2.49. The van der Waals surface area contributed by atoms with E-state index in [1.807, 2.05) is 0 Å². The van der Waals surface area contributed by atoms with E-state index in [1.54, 1.807) is 0 Å². The maximum absolute atomic E-state index is 17.2. The molecular formula is C28H15BF15P. The Kier molecular flexibility index (Phi) is 8.82. The van der Waals surface area contributed by atoms with Gasteiger partial charge in [-0.25, -0.2) is 52.7 Å². The average Bonchev–Trinajstić information content (AvgIpc) is 2.98. The van der Waals surface area contributed by atoms with E-state index in [9.17, 15) is 43.9 Å². The molecule has 0 bridgehead atoms. The number of benzene rings is 4. The van der Waals surface area contributed by atoms with Crippen molar-refractivity contribution in [1.82, 2.24) is 0 Å². The molecule has 0 spiro atoms. The summed E-state index contributed by atoms with van der Waals surface area (Å²) in [7, 11) is -3.06. The van der Waals surface area contributed by atoms with Gasteiger partial charge in [-0.1, -0.05) is 34.6 Å². The van der Waals surface area contributed by atoms with Gasteiger partial charge >= 0.3 is 0 Å². The van der Waals surface area contributed by atoms with Crippen LogP contribution in [0, 0.1) is 81.4 Å². The van der Waals surface area contributed by atoms with E-state index in [-0.39, 0.29) is 5.30 Å². The molecule has 0 fully saturated rings. The highest BCUT2D eigenvalue weighted by molar-refractivity contribution is 7.74. The fraction of sp³-hybridized carbons (Fsp3) is 0.143. The monoisotopic (exact) mass is 678 g/mol. The van der Waals surface area contributed by atoms with Crippen LogP contribution in [-0.2, 0) is 0 Å². The van der Waals surface area contributed by atoms with Crippen molar-refractivity contribution in [2.24, 2.45) is 0 Å². The maximum atomic E-state index is 17.2. The Morgan fingerprint density at radius 2 is 0.689 bits per heavy atom. The second-order valence-corrected chi connectivity index (χ2v) is 14.1. The molecule has 0 nitrogen and oxygen atoms in total. The lowest BCUT2D eigenvalue weighted by molar-refractivity contribution is 0.380. The second-order valence-electron chi connectivity index (χ2n) is 10.8. The van der Waals surface area contributed by atoms with Crippen molar-refractivity contribution in [1.29, 1.82) is 0 Å². The van der Waals surface area contributed by atoms with Crippen molar-refractivity contribution in [3.05, 3.63) is 112 Å². The molecule has 0 aromatic heterocycles. The second kappa shape index (κ2) is 11.6. The van der Waals surface area contributed by atoms with E-state index < -0.39 is 123 Å². The van der Waals surface area contributed by atoms with Gasteiger partial charge in [-0.05, 0) is 32.9 Å². The lowest BCUT2D eigenvalue weighted by Crippen LogP contribution is -2.70. The van der Waals surface area contributed by atoms with Gasteiger partial charge in [0.25, 0.3) is 6.42 Å². The molecule has 1 unspecified atom stereocenters. The third-order valence-electron chi connectivity index (χ3n) is 7.04. The van der Waals surface area contributed by atoms with Crippen molar-refractivity contribution in [3.63, 3.8) is 0 Å². The predicted octanol–water partition coefficient (Wildman–Crippen LogP) is 6.53. The van der Waals surface area contributed by atoms with Crippen LogP contribution in [-0.4, -0.2) is 11.6 Å². The van der Waals surface area contributed by atoms with Crippen molar-refractivity contribution in [2.45, 2.75) is 25.9 Å². The summed E-state index contributed by atoms with van der Waals surface area (Å²) in [6.45, 7) is 4.10. The molecule has 4 aromatic rings. The first-order valence-corrected chi connectivity index (χ1v) is 13.9. The molecule has 4 aromatic carbocycles. The van der Waals surface area contributed by atoms with Crippen LogP contribution in [0.3, 0.4) is 0 Å². The molecule has 1 atom stereocenters. The first-order valence-electron chi connectivity index (χ1n) is 12.4. The lowest BCUT2D eigenvalue weighted by atomic mass is 9.30. The summed E-state index contributed by atoms with van der Waals surface area (Å²) in [6.07, 6.45) is -6.85. The standard InChI is InChI=1S/C28H14BF15P/c1-28(2,3)45(9-7-5-4-6-8-9)27-25(42)17(34)12(18(35)26(27)43)29(44,10-13(30)19(36)23(40)20(37)14(10)31)11-15(32)21(38)24(41)22(39)16(11)33/h4-8H,1-3H3/q-1/p+1. The molecule has 0 amide bonds. The smallest absolute Gasteiger partial charge is 0.251 e. The van der Waals surface area contributed by atoms with Crippen LogP contribution in [0.25, 0.3) is 0 Å². The SMILES string of the molecule is CC(C)(C)[PH+](c1ccccc1)c1c(F)c(F)c([B-](F)(c2c(F)c(F)c(F)c(F)c2F)c2c(F)c(F)c(F)c(F)c2F)c(F)c1F. The predicted molar refractivity (Wildman–Crippen MR) is 138 cm³/mol. The molecule has 0 aliphatic carbocycles. The van der Waals surface area contributed by atoms with Gasteiger partial charge in [0.05, 0.1) is 18.4 Å². The minimum Gasteiger partial charge on any atom is -0.498 e. The van der Waals surface area contributed by atoms with Gasteiger partial charge in [-0.3, -0.25) is 0 Å². The first-order chi connectivity index (χ1) is 20.7. The Morgan fingerprint density at radius 1 is 0.422 bits per heavy atom. The molecule has 0 heterocycles. The van der Waals surface area contributed by atoms with Gasteiger partial charge in [-0.15, -0.1) is 0 Å². The largest absolute Gasteiger partial charge is 0.498 e. The molecular weight excluding hydrogens is 663 g/mol. The molecule has 0 aliphatic rings. The Morgan fingerprint density at radius 3 is 0.978 bits per heavy atom. The Balaban J connectivity index is 2.30. The zero-order valence-corrected chi connectivity index (χ0v) is 23.6. The van der Waals surface area contributed by atoms with Crippen LogP contribution < -0.4 is 27.0 Å². The third-order valence-corrected chi connectivity index (χ3v) is 10.4. The Bertz CT molecular complexity index is 1700. The molecule has 0 N–H and O–H groups in total. The van der Waals surface area contributed by atoms with E-state index in [1.165, 1.54) is 51.1 Å². The van der Waals surface area contributed by atoms with E-state index in [2.05, 4.69) is 0 Å². The molecule has 17 heteroatoms. The normalized spacial score (nSPS) is 13.0. The average molecular weight is 678 g/mol. The molecule has 4 rings (SSSR count). The number of halogens is 15. The first kappa shape index (κ1) is 34.2. The minimum absolute atomic E-state index is 0.0795. The molecule has 0 radical (unpaired) electrons. The molecule has 45 heavy (non-hydrogen) atoms. The zero-order chi connectivity index (χ0) is 34.1. The lowest BCUT2D eigenvalue weighted by Gasteiger charge is -2.37. The van der Waals surface area contributed by atoms with E-state index >= 15 is 21.9 Å². The highest BCUT2D eigenvalue weighted by Gasteiger charge is 2.51. The molecule has 240 valence electrons. The molecule has 0 aliphatic heterocycles. The van der Waals surface area contributed by atoms with Gasteiger partial charge in [-0.2, -0.15) is 8.78 Å². The topological polar surface area (TPSA) is 0 Å². The zero-order valence-electron chi connectivity index (χ0n) is 22.6. The van der Waals surface area contributed by atoms with Gasteiger partial charge in [0.15, 0.2) is 40.2 Å². The van der Waals surface area contributed by atoms with Crippen molar-refractivity contribution >= 4 is 41.3 Å². The Hall–Kier alpha value is -3.68. The highest BCUT2D eigenvalue weighted by atomic mass is 31.1. The number of hydrogen-bond donors (Lipinski definition) is 0. The fourth-order valence-corrected chi connectivity index (χ4v) is 8.24. The van der Waals surface area contributed by atoms with Crippen molar-refractivity contribution in [3.8, 4) is 0 Å². The minimum atomic E-state index is -6.85. The van der Waals surface area contributed by atoms with E-state index in [0.29, 0.717) is 0 Å². The summed E-state index contributed by atoms with van der Waals surface area (Å²) in [5.74, 6) is -43.2. The van der Waals surface area contributed by atoms with Crippen molar-refractivity contribution in [2.75, 3.05) is 0 Å². The van der Waals surface area contributed by atoms with Gasteiger partial charge in [0.2, 0.25) is 11.6 Å². The Labute approximate surface area is 245 Å². The van der Waals surface area contributed by atoms with Crippen LogP contribution in [0.15, 0.2) is 30.3 Å². The third kappa shape index (κ3) is 5.05. The summed E-state index contributed by atoms with van der Waals surface area (Å²) in [4.78, 5) is 0. The quantitative estimate of drug-likeness (QED) is 0.0741.